The lowest BCUT2D eigenvalue weighted by Gasteiger charge is -1.81. The molecule has 2 nitrogen and oxygen atoms in total. The molecule has 0 saturated heterocycles. The molecule has 1 saturated carbocycles. The van der Waals surface area contributed by atoms with Gasteiger partial charge in [0, 0.05) is 0 Å². The Kier molecular flexibility index (Phi) is 1.11. The van der Waals surface area contributed by atoms with Crippen molar-refractivity contribution in [2.45, 2.75) is 6.42 Å². The van der Waals surface area contributed by atoms with Crippen LogP contribution in [0.15, 0.2) is 0 Å². The van der Waals surface area contributed by atoms with Crippen LogP contribution in [0.5, 0.6) is 0 Å². The normalized spacial score (nSPS) is 37.9. The van der Waals surface area contributed by atoms with Crippen molar-refractivity contribution in [3.8, 4) is 0 Å². The lowest BCUT2D eigenvalue weighted by molar-refractivity contribution is 0.817. The lowest BCUT2D eigenvalue weighted by atomic mass is 10.3. The van der Waals surface area contributed by atoms with Crippen molar-refractivity contribution in [2.24, 2.45) is 17.6 Å². The van der Waals surface area contributed by atoms with Crippen LogP contribution < -0.4 is 5.73 Å². The summed E-state index contributed by atoms with van der Waals surface area (Å²) >= 11 is 0. The smallest absolute Gasteiger partial charge is 0.00134 e. The first-order valence-electron chi connectivity index (χ1n) is 2.59. The van der Waals surface area contributed by atoms with Crippen LogP contribution in [0.1, 0.15) is 6.42 Å². The van der Waals surface area contributed by atoms with E-state index in [9.17, 15) is 0 Å². The molecule has 1 rings (SSSR count). The first kappa shape index (κ1) is 4.78. The van der Waals surface area contributed by atoms with Gasteiger partial charge < -0.3 is 11.1 Å². The van der Waals surface area contributed by atoms with E-state index in [4.69, 9.17) is 11.1 Å². The van der Waals surface area contributed by atoms with Gasteiger partial charge in [0.25, 0.3) is 0 Å². The van der Waals surface area contributed by atoms with Crippen molar-refractivity contribution < 1.29 is 0 Å². The van der Waals surface area contributed by atoms with E-state index in [1.807, 2.05) is 0 Å². The molecule has 3 N–H and O–H groups in total. The summed E-state index contributed by atoms with van der Waals surface area (Å²) in [6, 6.07) is 0. The van der Waals surface area contributed by atoms with Crippen LogP contribution in [-0.4, -0.2) is 12.8 Å². The van der Waals surface area contributed by atoms with Crippen molar-refractivity contribution in [1.29, 1.82) is 5.41 Å². The summed E-state index contributed by atoms with van der Waals surface area (Å²) in [6.07, 6.45) is 2.65. The zero-order valence-electron chi connectivity index (χ0n) is 4.22. The summed E-state index contributed by atoms with van der Waals surface area (Å²) in [4.78, 5) is 0. The highest BCUT2D eigenvalue weighted by atomic mass is 14.6. The minimum atomic E-state index is 0.532. The Balaban J connectivity index is 2.17. The fraction of sp³-hybridized carbons (Fsp3) is 0.800. The first-order valence-corrected chi connectivity index (χ1v) is 2.59. The second-order valence-electron chi connectivity index (χ2n) is 2.06. The minimum Gasteiger partial charge on any atom is -0.330 e. The topological polar surface area (TPSA) is 49.9 Å². The molecule has 1 unspecified atom stereocenters. The molecule has 0 radical (unpaired) electrons. The second-order valence-corrected chi connectivity index (χ2v) is 2.06. The van der Waals surface area contributed by atoms with Crippen molar-refractivity contribution in [1.82, 2.24) is 0 Å². The maximum absolute atomic E-state index is 6.77. The van der Waals surface area contributed by atoms with Gasteiger partial charge in [-0.3, -0.25) is 0 Å². The van der Waals surface area contributed by atoms with Gasteiger partial charge >= 0.3 is 0 Å². The maximum Gasteiger partial charge on any atom is -0.00134 e. The van der Waals surface area contributed by atoms with Gasteiger partial charge in [0.15, 0.2) is 0 Å². The molecule has 0 aromatic rings. The molecule has 0 amide bonds. The maximum atomic E-state index is 6.77. The van der Waals surface area contributed by atoms with E-state index < -0.39 is 0 Å². The number of nitrogens with two attached hydrogens (primary N) is 1. The van der Waals surface area contributed by atoms with Crippen LogP contribution in [0.4, 0.5) is 0 Å². The summed E-state index contributed by atoms with van der Waals surface area (Å²) in [5, 5.41) is 6.77. The molecular weight excluding hydrogens is 88.1 g/mol. The largest absolute Gasteiger partial charge is 0.330 e. The van der Waals surface area contributed by atoms with E-state index in [-0.39, 0.29) is 0 Å². The third kappa shape index (κ3) is 0.800. The molecule has 7 heavy (non-hydrogen) atoms. The van der Waals surface area contributed by atoms with Crippen molar-refractivity contribution in [2.75, 3.05) is 6.54 Å². The van der Waals surface area contributed by atoms with Crippen molar-refractivity contribution >= 4 is 6.21 Å². The van der Waals surface area contributed by atoms with Gasteiger partial charge in [-0.15, -0.1) is 0 Å². The lowest BCUT2D eigenvalue weighted by Crippen LogP contribution is -2.02. The Morgan fingerprint density at radius 3 is 2.71 bits per heavy atom. The van der Waals surface area contributed by atoms with Crippen LogP contribution in [0.2, 0.25) is 0 Å². The standard InChI is InChI=1S/C5H10N2/c6-2-4-1-5(4)3-7/h2,4-6H,1,3,7H2/t4?,5-/m0/s1. The molecule has 0 heterocycles. The molecule has 2 heteroatoms. The fourth-order valence-electron chi connectivity index (χ4n) is 0.746. The van der Waals surface area contributed by atoms with E-state index in [0.29, 0.717) is 11.8 Å². The predicted octanol–water partition coefficient (Wildman–Crippen LogP) is 0.231. The summed E-state index contributed by atoms with van der Waals surface area (Å²) < 4.78 is 0. The summed E-state index contributed by atoms with van der Waals surface area (Å²) in [5.74, 6) is 1.18. The molecule has 2 atom stereocenters. The molecule has 1 aliphatic carbocycles. The molecule has 0 aliphatic heterocycles. The molecule has 0 bridgehead atoms. The highest BCUT2D eigenvalue weighted by Gasteiger charge is 2.33. The van der Waals surface area contributed by atoms with Gasteiger partial charge in [-0.1, -0.05) is 0 Å². The fourth-order valence-corrected chi connectivity index (χ4v) is 0.746. The highest BCUT2D eigenvalue weighted by Crippen LogP contribution is 2.34. The Hall–Kier alpha value is -0.370. The number of hydrogen-bond acceptors (Lipinski definition) is 2. The Bertz CT molecular complexity index is 80.1. The quantitative estimate of drug-likeness (QED) is 0.477. The van der Waals surface area contributed by atoms with Crippen LogP contribution in [0.3, 0.4) is 0 Å². The van der Waals surface area contributed by atoms with Crippen LogP contribution in [-0.2, 0) is 0 Å². The molecule has 1 fully saturated rings. The monoisotopic (exact) mass is 98.1 g/mol. The molecule has 40 valence electrons. The zero-order valence-corrected chi connectivity index (χ0v) is 4.22. The molecule has 0 aromatic heterocycles. The van der Waals surface area contributed by atoms with Crippen molar-refractivity contribution in [3.63, 3.8) is 0 Å². The Morgan fingerprint density at radius 1 is 1.86 bits per heavy atom. The minimum absolute atomic E-state index is 0.532. The summed E-state index contributed by atoms with van der Waals surface area (Å²) in [7, 11) is 0. The van der Waals surface area contributed by atoms with Crippen LogP contribution in [0.25, 0.3) is 0 Å². The zero-order chi connectivity index (χ0) is 5.28. The Morgan fingerprint density at radius 2 is 2.57 bits per heavy atom. The van der Waals surface area contributed by atoms with E-state index in [0.717, 1.165) is 13.0 Å². The molecular formula is C5H10N2. The average Bonchev–Trinajstić information content (AvgIpc) is 2.43. The summed E-state index contributed by atoms with van der Waals surface area (Å²) in [6.45, 7) is 0.764. The van der Waals surface area contributed by atoms with Crippen LogP contribution in [0, 0.1) is 17.2 Å². The highest BCUT2D eigenvalue weighted by molar-refractivity contribution is 5.61. The van der Waals surface area contributed by atoms with E-state index in [1.165, 1.54) is 6.21 Å². The average molecular weight is 98.1 g/mol. The number of hydrogen-bond donors (Lipinski definition) is 2. The van der Waals surface area contributed by atoms with Crippen LogP contribution >= 0.6 is 0 Å². The Labute approximate surface area is 43.2 Å². The second kappa shape index (κ2) is 1.62. The van der Waals surface area contributed by atoms with Gasteiger partial charge in [0.2, 0.25) is 0 Å². The number of rotatable bonds is 2. The third-order valence-electron chi connectivity index (χ3n) is 1.49. The SMILES string of the molecule is N=CC1C[C@H]1CN. The van der Waals surface area contributed by atoms with Gasteiger partial charge in [0.1, 0.15) is 0 Å². The third-order valence-corrected chi connectivity index (χ3v) is 1.49. The van der Waals surface area contributed by atoms with Gasteiger partial charge in [-0.25, -0.2) is 0 Å². The molecule has 1 aliphatic rings. The van der Waals surface area contributed by atoms with E-state index >= 15 is 0 Å². The molecule has 0 spiro atoms. The first-order chi connectivity index (χ1) is 3.38. The van der Waals surface area contributed by atoms with E-state index in [2.05, 4.69) is 0 Å². The van der Waals surface area contributed by atoms with Crippen molar-refractivity contribution in [3.05, 3.63) is 0 Å². The van der Waals surface area contributed by atoms with E-state index in [1.54, 1.807) is 0 Å². The predicted molar refractivity (Wildman–Crippen MR) is 29.4 cm³/mol. The number of nitrogens with one attached hydrogen (secondary N) is 1. The molecule has 0 aromatic carbocycles. The van der Waals surface area contributed by atoms with Gasteiger partial charge in [0.05, 0.1) is 0 Å². The van der Waals surface area contributed by atoms with Gasteiger partial charge in [-0.05, 0) is 31.0 Å². The summed E-state index contributed by atoms with van der Waals surface area (Å²) in [5.41, 5.74) is 5.30. The van der Waals surface area contributed by atoms with Gasteiger partial charge in [-0.2, -0.15) is 0 Å².